The molecule has 1 fully saturated rings. The van der Waals surface area contributed by atoms with Crippen LogP contribution in [0, 0.1) is 5.92 Å². The van der Waals surface area contributed by atoms with E-state index in [0.717, 1.165) is 31.0 Å². The summed E-state index contributed by atoms with van der Waals surface area (Å²) in [5.41, 5.74) is 2.33. The Hall–Kier alpha value is -1.59. The van der Waals surface area contributed by atoms with Gasteiger partial charge in [-0.15, -0.1) is 0 Å². The van der Waals surface area contributed by atoms with Crippen LogP contribution in [0.2, 0.25) is 0 Å². The van der Waals surface area contributed by atoms with E-state index in [1.807, 2.05) is 0 Å². The Kier molecular flexibility index (Phi) is 4.18. The molecule has 106 valence electrons. The SMILES string of the molecule is O=C1CC=Nc2c1ccnc2CNC[C@@H]1CCCNC1. The van der Waals surface area contributed by atoms with E-state index in [-0.39, 0.29) is 5.78 Å². The Balaban J connectivity index is 1.62. The third kappa shape index (κ3) is 2.94. The standard InChI is InChI=1S/C15H20N4O/c20-14-4-7-19-15-12(14)3-6-18-13(15)10-17-9-11-2-1-5-16-8-11/h3,6-7,11,16-17H,1-2,4-5,8-10H2/t11-/m1/s1. The second kappa shape index (κ2) is 6.24. The molecule has 0 bridgehead atoms. The van der Waals surface area contributed by atoms with Crippen LogP contribution in [0.25, 0.3) is 0 Å². The predicted octanol–water partition coefficient (Wildman–Crippen LogP) is 1.46. The van der Waals surface area contributed by atoms with Gasteiger partial charge in [-0.3, -0.25) is 14.8 Å². The first-order valence-electron chi connectivity index (χ1n) is 7.29. The first-order chi connectivity index (χ1) is 9.84. The highest BCUT2D eigenvalue weighted by Crippen LogP contribution is 2.26. The van der Waals surface area contributed by atoms with E-state index in [1.54, 1.807) is 18.5 Å². The van der Waals surface area contributed by atoms with Crippen molar-refractivity contribution in [1.29, 1.82) is 0 Å². The Morgan fingerprint density at radius 3 is 3.25 bits per heavy atom. The number of hydrogen-bond donors (Lipinski definition) is 2. The van der Waals surface area contributed by atoms with Crippen molar-refractivity contribution in [2.24, 2.45) is 10.9 Å². The van der Waals surface area contributed by atoms with Crippen LogP contribution in [0.15, 0.2) is 17.3 Å². The summed E-state index contributed by atoms with van der Waals surface area (Å²) in [6.07, 6.45) is 6.32. The molecular formula is C15H20N4O. The van der Waals surface area contributed by atoms with Crippen molar-refractivity contribution in [2.45, 2.75) is 25.8 Å². The zero-order chi connectivity index (χ0) is 13.8. The van der Waals surface area contributed by atoms with Crippen molar-refractivity contribution in [2.75, 3.05) is 19.6 Å². The number of pyridine rings is 1. The van der Waals surface area contributed by atoms with Gasteiger partial charge in [0.1, 0.15) is 0 Å². The van der Waals surface area contributed by atoms with Crippen LogP contribution in [-0.4, -0.2) is 36.6 Å². The Morgan fingerprint density at radius 1 is 1.45 bits per heavy atom. The summed E-state index contributed by atoms with van der Waals surface area (Å²) in [6, 6.07) is 1.77. The predicted molar refractivity (Wildman–Crippen MR) is 78.6 cm³/mol. The van der Waals surface area contributed by atoms with Gasteiger partial charge in [0.2, 0.25) is 0 Å². The van der Waals surface area contributed by atoms with Gasteiger partial charge in [0.15, 0.2) is 5.78 Å². The minimum absolute atomic E-state index is 0.134. The van der Waals surface area contributed by atoms with Crippen molar-refractivity contribution in [3.63, 3.8) is 0 Å². The van der Waals surface area contributed by atoms with Gasteiger partial charge in [-0.1, -0.05) is 0 Å². The summed E-state index contributed by atoms with van der Waals surface area (Å²) in [7, 11) is 0. The van der Waals surface area contributed by atoms with E-state index in [1.165, 1.54) is 12.8 Å². The average molecular weight is 272 g/mol. The number of Topliss-reactive ketones (excluding diaryl/α,β-unsaturated/α-hetero) is 1. The molecule has 5 nitrogen and oxygen atoms in total. The molecule has 2 N–H and O–H groups in total. The fraction of sp³-hybridized carbons (Fsp3) is 0.533. The Bertz CT molecular complexity index is 521. The molecule has 0 aromatic carbocycles. The van der Waals surface area contributed by atoms with Crippen LogP contribution in [0.3, 0.4) is 0 Å². The maximum Gasteiger partial charge on any atom is 0.170 e. The van der Waals surface area contributed by atoms with Crippen molar-refractivity contribution in [1.82, 2.24) is 15.6 Å². The number of nitrogens with one attached hydrogen (secondary N) is 2. The summed E-state index contributed by atoms with van der Waals surface area (Å²) in [6.45, 7) is 3.88. The van der Waals surface area contributed by atoms with Crippen LogP contribution in [0.4, 0.5) is 5.69 Å². The van der Waals surface area contributed by atoms with E-state index in [9.17, 15) is 4.79 Å². The van der Waals surface area contributed by atoms with Gasteiger partial charge in [-0.2, -0.15) is 0 Å². The van der Waals surface area contributed by atoms with Crippen LogP contribution < -0.4 is 10.6 Å². The molecule has 1 aromatic rings. The van der Waals surface area contributed by atoms with E-state index in [0.29, 0.717) is 24.4 Å². The Labute approximate surface area is 118 Å². The number of fused-ring (bicyclic) bond motifs is 1. The molecule has 3 rings (SSSR count). The monoisotopic (exact) mass is 272 g/mol. The molecule has 1 aromatic heterocycles. The number of rotatable bonds is 4. The lowest BCUT2D eigenvalue weighted by atomic mass is 9.99. The molecule has 5 heteroatoms. The zero-order valence-corrected chi connectivity index (χ0v) is 11.6. The van der Waals surface area contributed by atoms with E-state index >= 15 is 0 Å². The summed E-state index contributed by atoms with van der Waals surface area (Å²) in [4.78, 5) is 20.5. The number of carbonyl (C=O) groups excluding carboxylic acids is 1. The maximum atomic E-state index is 11.8. The largest absolute Gasteiger partial charge is 0.316 e. The highest BCUT2D eigenvalue weighted by Gasteiger charge is 2.18. The average Bonchev–Trinajstić information content (AvgIpc) is 2.49. The topological polar surface area (TPSA) is 66.4 Å². The van der Waals surface area contributed by atoms with E-state index < -0.39 is 0 Å². The summed E-state index contributed by atoms with van der Waals surface area (Å²) < 4.78 is 0. The Morgan fingerprint density at radius 2 is 2.40 bits per heavy atom. The van der Waals surface area contributed by atoms with Gasteiger partial charge >= 0.3 is 0 Å². The minimum Gasteiger partial charge on any atom is -0.316 e. The van der Waals surface area contributed by atoms with Gasteiger partial charge in [0.05, 0.1) is 11.4 Å². The van der Waals surface area contributed by atoms with Crippen LogP contribution in [-0.2, 0) is 6.54 Å². The summed E-state index contributed by atoms with van der Waals surface area (Å²) in [5.74, 6) is 0.823. The molecule has 2 aliphatic rings. The smallest absolute Gasteiger partial charge is 0.170 e. The molecule has 0 unspecified atom stereocenters. The number of aliphatic imine (C=N–C) groups is 1. The lowest BCUT2D eigenvalue weighted by Gasteiger charge is -2.23. The van der Waals surface area contributed by atoms with Gasteiger partial charge in [-0.05, 0) is 44.5 Å². The lowest BCUT2D eigenvalue weighted by Crippen LogP contribution is -2.36. The molecule has 2 aliphatic heterocycles. The van der Waals surface area contributed by atoms with Crippen LogP contribution >= 0.6 is 0 Å². The molecule has 0 saturated carbocycles. The van der Waals surface area contributed by atoms with Crippen molar-refractivity contribution in [3.05, 3.63) is 23.5 Å². The van der Waals surface area contributed by atoms with Crippen LogP contribution in [0.5, 0.6) is 0 Å². The first-order valence-corrected chi connectivity index (χ1v) is 7.29. The highest BCUT2D eigenvalue weighted by molar-refractivity contribution is 6.10. The van der Waals surface area contributed by atoms with Gasteiger partial charge in [-0.25, -0.2) is 0 Å². The number of ketones is 1. The molecular weight excluding hydrogens is 252 g/mol. The second-order valence-corrected chi connectivity index (χ2v) is 5.44. The van der Waals surface area contributed by atoms with E-state index in [4.69, 9.17) is 0 Å². The minimum atomic E-state index is 0.134. The van der Waals surface area contributed by atoms with Gasteiger partial charge in [0.25, 0.3) is 0 Å². The number of nitrogens with zero attached hydrogens (tertiary/aromatic N) is 2. The number of carbonyl (C=O) groups is 1. The summed E-state index contributed by atoms with van der Waals surface area (Å²) in [5, 5.41) is 6.86. The van der Waals surface area contributed by atoms with E-state index in [2.05, 4.69) is 20.6 Å². The lowest BCUT2D eigenvalue weighted by molar-refractivity contribution is 0.100. The first kappa shape index (κ1) is 13.4. The molecule has 3 heterocycles. The summed E-state index contributed by atoms with van der Waals surface area (Å²) >= 11 is 0. The van der Waals surface area contributed by atoms with Crippen molar-refractivity contribution in [3.8, 4) is 0 Å². The fourth-order valence-corrected chi connectivity index (χ4v) is 2.82. The molecule has 0 amide bonds. The van der Waals surface area contributed by atoms with Crippen molar-refractivity contribution < 1.29 is 4.79 Å². The molecule has 20 heavy (non-hydrogen) atoms. The molecule has 1 atom stereocenters. The highest BCUT2D eigenvalue weighted by atomic mass is 16.1. The molecule has 0 radical (unpaired) electrons. The number of hydrogen-bond acceptors (Lipinski definition) is 5. The van der Waals surface area contributed by atoms with Gasteiger partial charge in [0, 0.05) is 30.9 Å². The molecule has 1 saturated heterocycles. The molecule has 0 spiro atoms. The zero-order valence-electron chi connectivity index (χ0n) is 11.6. The fourth-order valence-electron chi connectivity index (χ4n) is 2.82. The van der Waals surface area contributed by atoms with Crippen LogP contribution in [0.1, 0.15) is 35.3 Å². The normalized spacial score (nSPS) is 21.8. The third-order valence-corrected chi connectivity index (χ3v) is 3.92. The third-order valence-electron chi connectivity index (χ3n) is 3.92. The molecule has 0 aliphatic carbocycles. The number of piperidine rings is 1. The maximum absolute atomic E-state index is 11.8. The second-order valence-electron chi connectivity index (χ2n) is 5.44. The quantitative estimate of drug-likeness (QED) is 0.871. The van der Waals surface area contributed by atoms with Gasteiger partial charge < -0.3 is 10.6 Å². The van der Waals surface area contributed by atoms with Crippen molar-refractivity contribution >= 4 is 17.7 Å². The number of aromatic nitrogens is 1.